The fourth-order valence-corrected chi connectivity index (χ4v) is 5.50. The number of carbonyl (C=O) groups is 2. The Hall–Kier alpha value is -4.00. The third-order valence-electron chi connectivity index (χ3n) is 7.30. The van der Waals surface area contributed by atoms with Gasteiger partial charge in [-0.15, -0.1) is 0 Å². The number of rotatable bonds is 7. The molecule has 0 bridgehead atoms. The largest absolute Gasteiger partial charge is 0.511 e. The monoisotopic (exact) mass is 512 g/mol. The molecular weight excluding hydrogens is 480 g/mol. The zero-order valence-corrected chi connectivity index (χ0v) is 22.0. The number of aryl methyl sites for hydroxylation is 1. The summed E-state index contributed by atoms with van der Waals surface area (Å²) in [6.45, 7) is 3.93. The average molecular weight is 513 g/mol. The number of hydrogen-bond donors (Lipinski definition) is 1. The van der Waals surface area contributed by atoms with Crippen LogP contribution in [0, 0.1) is 5.41 Å². The van der Waals surface area contributed by atoms with Gasteiger partial charge in [0, 0.05) is 31.7 Å². The molecule has 1 atom stereocenters. The molecule has 1 heterocycles. The van der Waals surface area contributed by atoms with Crippen LogP contribution < -0.4 is 4.74 Å². The minimum absolute atomic E-state index is 0.0141. The number of carbonyl (C=O) groups excluding carboxylic acids is 2. The summed E-state index contributed by atoms with van der Waals surface area (Å²) < 4.78 is 11.0. The molecule has 3 aromatic rings. The van der Waals surface area contributed by atoms with Crippen molar-refractivity contribution in [1.29, 1.82) is 0 Å². The molecule has 0 fully saturated rings. The van der Waals surface area contributed by atoms with Crippen molar-refractivity contribution in [3.8, 4) is 5.75 Å². The summed E-state index contributed by atoms with van der Waals surface area (Å²) >= 11 is 0. The van der Waals surface area contributed by atoms with E-state index in [2.05, 4.69) is 5.16 Å². The molecular formula is C31H32N2O5. The number of benzene rings is 2. The molecule has 196 valence electrons. The van der Waals surface area contributed by atoms with E-state index in [1.54, 1.807) is 13.2 Å². The van der Waals surface area contributed by atoms with Gasteiger partial charge in [0.1, 0.15) is 17.3 Å². The van der Waals surface area contributed by atoms with Crippen LogP contribution in [0.4, 0.5) is 5.69 Å². The van der Waals surface area contributed by atoms with Gasteiger partial charge in [0.15, 0.2) is 11.6 Å². The van der Waals surface area contributed by atoms with Gasteiger partial charge in [-0.3, -0.25) is 14.6 Å². The van der Waals surface area contributed by atoms with E-state index in [4.69, 9.17) is 14.3 Å². The highest BCUT2D eigenvalue weighted by atomic mass is 16.5. The van der Waals surface area contributed by atoms with Crippen LogP contribution in [0.15, 0.2) is 75.4 Å². The second-order valence-corrected chi connectivity index (χ2v) is 10.9. The van der Waals surface area contributed by atoms with E-state index in [1.165, 1.54) is 0 Å². The molecule has 1 aromatic heterocycles. The number of hydrogen-bond acceptors (Lipinski definition) is 7. The maximum Gasteiger partial charge on any atom is 0.168 e. The fourth-order valence-electron chi connectivity index (χ4n) is 5.50. The molecule has 0 aliphatic heterocycles. The summed E-state index contributed by atoms with van der Waals surface area (Å²) in [6, 6.07) is 17.2. The standard InChI is InChI=1S/C31H32N2O5/c1-31(2)17-26(35)29(27(36)18-31)23(32-21-10-7-11-22(16-21)37-3)12-13-24-30-25(34)14-20(15-28(30)38-33-24)19-8-5-4-6-9-19/h4-11,16,20,35H,12-15,17-18H2,1-3H3. The lowest BCUT2D eigenvalue weighted by Gasteiger charge is -2.30. The molecule has 2 aromatic carbocycles. The number of fused-ring (bicyclic) bond motifs is 1. The van der Waals surface area contributed by atoms with Crippen molar-refractivity contribution in [3.05, 3.63) is 88.5 Å². The number of aliphatic imine (C=N–C) groups is 1. The van der Waals surface area contributed by atoms with Crippen molar-refractivity contribution in [2.75, 3.05) is 7.11 Å². The number of methoxy groups -OCH3 is 1. The summed E-state index contributed by atoms with van der Waals surface area (Å²) in [5.74, 6) is 1.24. The molecule has 1 N–H and O–H groups in total. The predicted molar refractivity (Wildman–Crippen MR) is 144 cm³/mol. The zero-order chi connectivity index (χ0) is 26.9. The molecule has 5 rings (SSSR count). The zero-order valence-electron chi connectivity index (χ0n) is 22.0. The molecule has 0 radical (unpaired) electrons. The maximum absolute atomic E-state index is 13.2. The van der Waals surface area contributed by atoms with Gasteiger partial charge in [-0.1, -0.05) is 55.4 Å². The Morgan fingerprint density at radius 2 is 1.87 bits per heavy atom. The molecule has 0 saturated heterocycles. The van der Waals surface area contributed by atoms with Crippen molar-refractivity contribution in [2.24, 2.45) is 10.4 Å². The van der Waals surface area contributed by atoms with Crippen LogP contribution in [-0.2, 0) is 17.6 Å². The molecule has 7 heteroatoms. The minimum atomic E-state index is -0.321. The summed E-state index contributed by atoms with van der Waals surface area (Å²) in [5.41, 5.74) is 3.25. The van der Waals surface area contributed by atoms with E-state index in [1.807, 2.05) is 62.4 Å². The van der Waals surface area contributed by atoms with E-state index in [0.29, 0.717) is 72.7 Å². The van der Waals surface area contributed by atoms with Gasteiger partial charge in [-0.25, -0.2) is 0 Å². The van der Waals surface area contributed by atoms with Crippen molar-refractivity contribution < 1.29 is 24.0 Å². The number of aliphatic hydroxyl groups excluding tert-OH is 1. The molecule has 2 aliphatic carbocycles. The lowest BCUT2D eigenvalue weighted by molar-refractivity contribution is -0.118. The van der Waals surface area contributed by atoms with Crippen LogP contribution >= 0.6 is 0 Å². The number of aromatic nitrogens is 1. The number of nitrogens with zero attached hydrogens (tertiary/aromatic N) is 2. The van der Waals surface area contributed by atoms with Crippen molar-refractivity contribution >= 4 is 23.0 Å². The predicted octanol–water partition coefficient (Wildman–Crippen LogP) is 6.50. The first kappa shape index (κ1) is 25.6. The van der Waals surface area contributed by atoms with E-state index in [0.717, 1.165) is 5.56 Å². The molecule has 7 nitrogen and oxygen atoms in total. The molecule has 38 heavy (non-hydrogen) atoms. The van der Waals surface area contributed by atoms with E-state index in [9.17, 15) is 14.7 Å². The summed E-state index contributed by atoms with van der Waals surface area (Å²) in [7, 11) is 1.58. The highest BCUT2D eigenvalue weighted by Gasteiger charge is 2.36. The smallest absolute Gasteiger partial charge is 0.168 e. The fraction of sp³-hybridized carbons (Fsp3) is 0.355. The summed E-state index contributed by atoms with van der Waals surface area (Å²) in [6.07, 6.45) is 2.40. The van der Waals surface area contributed by atoms with Crippen LogP contribution in [-0.4, -0.2) is 34.7 Å². The average Bonchev–Trinajstić information content (AvgIpc) is 3.30. The third-order valence-corrected chi connectivity index (χ3v) is 7.30. The van der Waals surface area contributed by atoms with Crippen molar-refractivity contribution in [1.82, 2.24) is 5.16 Å². The Labute approximate surface area is 222 Å². The Morgan fingerprint density at radius 1 is 1.08 bits per heavy atom. The molecule has 0 spiro atoms. The minimum Gasteiger partial charge on any atom is -0.511 e. The Morgan fingerprint density at radius 3 is 2.61 bits per heavy atom. The lowest BCUT2D eigenvalue weighted by Crippen LogP contribution is -2.29. The second kappa shape index (κ2) is 10.4. The summed E-state index contributed by atoms with van der Waals surface area (Å²) in [4.78, 5) is 31.1. The van der Waals surface area contributed by atoms with Crippen molar-refractivity contribution in [2.45, 2.75) is 58.3 Å². The van der Waals surface area contributed by atoms with Crippen LogP contribution in [0.2, 0.25) is 0 Å². The Balaban J connectivity index is 1.44. The quantitative estimate of drug-likeness (QED) is 0.363. The topological polar surface area (TPSA) is 102 Å². The van der Waals surface area contributed by atoms with Gasteiger partial charge in [0.2, 0.25) is 0 Å². The van der Waals surface area contributed by atoms with Gasteiger partial charge < -0.3 is 14.4 Å². The second-order valence-electron chi connectivity index (χ2n) is 10.9. The van der Waals surface area contributed by atoms with Crippen LogP contribution in [0.25, 0.3) is 0 Å². The van der Waals surface area contributed by atoms with Gasteiger partial charge in [-0.05, 0) is 41.9 Å². The molecule has 1 unspecified atom stereocenters. The first-order chi connectivity index (χ1) is 18.2. The SMILES string of the molecule is COc1cccc(N=C(CCc2noc3c2C(=O)CC(c2ccccc2)C3)C2=C(O)CC(C)(C)CC2=O)c1. The van der Waals surface area contributed by atoms with E-state index in [-0.39, 0.29) is 34.2 Å². The first-order valence-electron chi connectivity index (χ1n) is 13.0. The Bertz CT molecular complexity index is 1430. The number of ketones is 2. The number of allylic oxidation sites excluding steroid dienone is 2. The van der Waals surface area contributed by atoms with Crippen LogP contribution in [0.5, 0.6) is 5.75 Å². The van der Waals surface area contributed by atoms with Gasteiger partial charge in [-0.2, -0.15) is 0 Å². The normalized spacial score (nSPS) is 19.4. The van der Waals surface area contributed by atoms with Crippen LogP contribution in [0.1, 0.15) is 72.8 Å². The van der Waals surface area contributed by atoms with E-state index >= 15 is 0 Å². The lowest BCUT2D eigenvalue weighted by atomic mass is 9.75. The summed E-state index contributed by atoms with van der Waals surface area (Å²) in [5, 5.41) is 15.2. The molecule has 0 saturated carbocycles. The third kappa shape index (κ3) is 5.32. The van der Waals surface area contributed by atoms with Gasteiger partial charge in [0.05, 0.1) is 35.3 Å². The number of ether oxygens (including phenoxy) is 1. The van der Waals surface area contributed by atoms with Crippen LogP contribution in [0.3, 0.4) is 0 Å². The Kier molecular flexibility index (Phi) is 7.02. The maximum atomic E-state index is 13.2. The van der Waals surface area contributed by atoms with Gasteiger partial charge in [0.25, 0.3) is 0 Å². The van der Waals surface area contributed by atoms with Crippen molar-refractivity contribution in [3.63, 3.8) is 0 Å². The molecule has 2 aliphatic rings. The highest BCUT2D eigenvalue weighted by Crippen LogP contribution is 2.38. The first-order valence-corrected chi connectivity index (χ1v) is 13.0. The molecule has 0 amide bonds. The van der Waals surface area contributed by atoms with Gasteiger partial charge >= 0.3 is 0 Å². The van der Waals surface area contributed by atoms with E-state index < -0.39 is 0 Å². The highest BCUT2D eigenvalue weighted by molar-refractivity contribution is 6.23. The number of Topliss-reactive ketones (excluding diaryl/α,β-unsaturated/α-hetero) is 2. The number of aliphatic hydroxyl groups is 1.